The van der Waals surface area contributed by atoms with Crippen LogP contribution in [0.1, 0.15) is 31.4 Å². The van der Waals surface area contributed by atoms with Crippen LogP contribution in [0, 0.1) is 5.41 Å². The van der Waals surface area contributed by atoms with Gasteiger partial charge in [-0.3, -0.25) is 4.99 Å². The highest BCUT2D eigenvalue weighted by molar-refractivity contribution is 6.10. The molecule has 3 aliphatic heterocycles. The molecular weight excluding hydrogens is 276 g/mol. The lowest BCUT2D eigenvalue weighted by atomic mass is 9.91. The number of ether oxygens (including phenoxy) is 2. The first-order chi connectivity index (χ1) is 10.6. The molecule has 0 atom stereocenters. The van der Waals surface area contributed by atoms with E-state index >= 15 is 0 Å². The van der Waals surface area contributed by atoms with Crippen LogP contribution in [0.2, 0.25) is 0 Å². The van der Waals surface area contributed by atoms with E-state index in [1.54, 1.807) is 0 Å². The summed E-state index contributed by atoms with van der Waals surface area (Å²) in [5, 5.41) is 0. The third-order valence-electron chi connectivity index (χ3n) is 4.59. The lowest BCUT2D eigenvalue weighted by Crippen LogP contribution is -2.52. The monoisotopic (exact) mass is 298 g/mol. The predicted octanol–water partition coefficient (Wildman–Crippen LogP) is 3.18. The molecule has 1 saturated heterocycles. The highest BCUT2D eigenvalue weighted by Crippen LogP contribution is 2.48. The minimum atomic E-state index is -0.816. The Balaban J connectivity index is 1.91. The summed E-state index contributed by atoms with van der Waals surface area (Å²) in [4.78, 5) is 7.13. The molecule has 116 valence electrons. The van der Waals surface area contributed by atoms with Crippen LogP contribution in [-0.4, -0.2) is 32.1 Å². The number of hydrogen-bond acceptors (Lipinski definition) is 4. The van der Waals surface area contributed by atoms with Gasteiger partial charge in [0.15, 0.2) is 5.84 Å². The van der Waals surface area contributed by atoms with E-state index in [1.807, 2.05) is 6.08 Å². The smallest absolute Gasteiger partial charge is 0.257 e. The van der Waals surface area contributed by atoms with E-state index < -0.39 is 5.79 Å². The molecule has 3 heterocycles. The van der Waals surface area contributed by atoms with Gasteiger partial charge in [0.1, 0.15) is 0 Å². The van der Waals surface area contributed by atoms with Crippen LogP contribution in [-0.2, 0) is 15.3 Å². The lowest BCUT2D eigenvalue weighted by molar-refractivity contribution is -0.228. The van der Waals surface area contributed by atoms with Crippen molar-refractivity contribution in [1.29, 1.82) is 0 Å². The Kier molecular flexibility index (Phi) is 2.97. The van der Waals surface area contributed by atoms with Crippen LogP contribution >= 0.6 is 0 Å². The van der Waals surface area contributed by atoms with Crippen molar-refractivity contribution in [1.82, 2.24) is 0 Å². The molecule has 3 aliphatic rings. The van der Waals surface area contributed by atoms with Gasteiger partial charge < -0.3 is 14.4 Å². The van der Waals surface area contributed by atoms with Gasteiger partial charge in [-0.05, 0) is 24.1 Å². The largest absolute Gasteiger partial charge is 0.340 e. The van der Waals surface area contributed by atoms with Gasteiger partial charge in [0.2, 0.25) is 0 Å². The molecule has 1 aromatic rings. The summed E-state index contributed by atoms with van der Waals surface area (Å²) in [6.07, 6.45) is 2.79. The average molecular weight is 298 g/mol. The molecule has 0 radical (unpaired) electrons. The second-order valence-corrected chi connectivity index (χ2v) is 7.04. The van der Waals surface area contributed by atoms with Crippen molar-refractivity contribution in [3.63, 3.8) is 0 Å². The molecular formula is C18H22N2O2. The third-order valence-corrected chi connectivity index (χ3v) is 4.59. The fourth-order valence-corrected chi connectivity index (χ4v) is 3.53. The van der Waals surface area contributed by atoms with E-state index in [0.717, 1.165) is 42.2 Å². The fraction of sp³-hybridized carbons (Fsp3) is 0.500. The zero-order valence-corrected chi connectivity index (χ0v) is 13.3. The third kappa shape index (κ3) is 1.87. The molecule has 0 bridgehead atoms. The number of amidine groups is 1. The van der Waals surface area contributed by atoms with Crippen molar-refractivity contribution in [3.05, 3.63) is 35.9 Å². The maximum atomic E-state index is 6.16. The van der Waals surface area contributed by atoms with Crippen LogP contribution in [0.5, 0.6) is 0 Å². The van der Waals surface area contributed by atoms with E-state index in [4.69, 9.17) is 14.5 Å². The normalized spacial score (nSPS) is 24.6. The lowest BCUT2D eigenvalue weighted by Gasteiger charge is -2.40. The van der Waals surface area contributed by atoms with E-state index in [1.165, 1.54) is 0 Å². The minimum Gasteiger partial charge on any atom is -0.340 e. The SMILES string of the molecule is C=Cc1ccc2c(c1)C1(OCCCO1)C1=NCC(C)(C)CN12. The highest BCUT2D eigenvalue weighted by atomic mass is 16.7. The Morgan fingerprint density at radius 2 is 2.05 bits per heavy atom. The number of hydrogen-bond donors (Lipinski definition) is 0. The van der Waals surface area contributed by atoms with E-state index in [0.29, 0.717) is 13.2 Å². The summed E-state index contributed by atoms with van der Waals surface area (Å²) >= 11 is 0. The minimum absolute atomic E-state index is 0.151. The molecule has 0 unspecified atom stereocenters. The summed E-state index contributed by atoms with van der Waals surface area (Å²) in [7, 11) is 0. The van der Waals surface area contributed by atoms with Crippen molar-refractivity contribution in [2.75, 3.05) is 31.2 Å². The van der Waals surface area contributed by atoms with E-state index in [9.17, 15) is 0 Å². The van der Waals surface area contributed by atoms with Gasteiger partial charge in [0.25, 0.3) is 5.79 Å². The topological polar surface area (TPSA) is 34.1 Å². The molecule has 22 heavy (non-hydrogen) atoms. The number of rotatable bonds is 1. The van der Waals surface area contributed by atoms with Crippen molar-refractivity contribution in [2.24, 2.45) is 10.4 Å². The molecule has 0 amide bonds. The molecule has 1 fully saturated rings. The number of anilines is 1. The zero-order valence-electron chi connectivity index (χ0n) is 13.3. The first-order valence-corrected chi connectivity index (χ1v) is 7.93. The van der Waals surface area contributed by atoms with Crippen LogP contribution in [0.4, 0.5) is 5.69 Å². The fourth-order valence-electron chi connectivity index (χ4n) is 3.53. The van der Waals surface area contributed by atoms with E-state index in [-0.39, 0.29) is 5.41 Å². The van der Waals surface area contributed by atoms with Crippen LogP contribution in [0.3, 0.4) is 0 Å². The standard InChI is InChI=1S/C18H22N2O2/c1-4-13-6-7-15-14(10-13)18(21-8-5-9-22-18)16-19-11-17(2,3)12-20(15)16/h4,6-7,10H,1,5,8-9,11-12H2,2-3H3. The van der Waals surface area contributed by atoms with Crippen molar-refractivity contribution in [3.8, 4) is 0 Å². The summed E-state index contributed by atoms with van der Waals surface area (Å²) < 4.78 is 12.3. The van der Waals surface area contributed by atoms with Crippen molar-refractivity contribution < 1.29 is 9.47 Å². The zero-order chi connectivity index (χ0) is 15.4. The Bertz CT molecular complexity index is 657. The molecule has 0 saturated carbocycles. The molecule has 1 aromatic carbocycles. The first-order valence-electron chi connectivity index (χ1n) is 7.93. The molecule has 4 rings (SSSR count). The number of aliphatic imine (C=N–C) groups is 1. The van der Waals surface area contributed by atoms with Crippen molar-refractivity contribution in [2.45, 2.75) is 26.1 Å². The summed E-state index contributed by atoms with van der Waals surface area (Å²) in [6, 6.07) is 6.35. The maximum absolute atomic E-state index is 6.16. The highest BCUT2D eigenvalue weighted by Gasteiger charge is 2.54. The molecule has 4 nitrogen and oxygen atoms in total. The number of nitrogens with zero attached hydrogens (tertiary/aromatic N) is 2. The maximum Gasteiger partial charge on any atom is 0.257 e. The van der Waals surface area contributed by atoms with Gasteiger partial charge in [0.05, 0.1) is 18.9 Å². The summed E-state index contributed by atoms with van der Waals surface area (Å²) in [5.74, 6) is 0.103. The Hall–Kier alpha value is -1.65. The van der Waals surface area contributed by atoms with Gasteiger partial charge in [0, 0.05) is 24.1 Å². The van der Waals surface area contributed by atoms with Crippen LogP contribution in [0.15, 0.2) is 29.8 Å². The Morgan fingerprint density at radius 3 is 2.77 bits per heavy atom. The second-order valence-electron chi connectivity index (χ2n) is 7.04. The second kappa shape index (κ2) is 4.67. The molecule has 0 aromatic heterocycles. The van der Waals surface area contributed by atoms with Gasteiger partial charge in [-0.25, -0.2) is 0 Å². The first kappa shape index (κ1) is 14.0. The molecule has 0 N–H and O–H groups in total. The van der Waals surface area contributed by atoms with Gasteiger partial charge >= 0.3 is 0 Å². The van der Waals surface area contributed by atoms with E-state index in [2.05, 4.69) is 43.5 Å². The quantitative estimate of drug-likeness (QED) is 0.798. The van der Waals surface area contributed by atoms with Gasteiger partial charge in [-0.1, -0.05) is 32.6 Å². The summed E-state index contributed by atoms with van der Waals surface area (Å²) in [5.41, 5.74) is 3.45. The molecule has 0 aliphatic carbocycles. The van der Waals surface area contributed by atoms with Crippen LogP contribution in [0.25, 0.3) is 6.08 Å². The summed E-state index contributed by atoms with van der Waals surface area (Å²) in [6.45, 7) is 11.5. The van der Waals surface area contributed by atoms with Gasteiger partial charge in [-0.15, -0.1) is 0 Å². The number of fused-ring (bicyclic) bond motifs is 5. The Morgan fingerprint density at radius 1 is 1.27 bits per heavy atom. The number of benzene rings is 1. The van der Waals surface area contributed by atoms with Crippen LogP contribution < -0.4 is 4.90 Å². The molecule has 1 spiro atoms. The van der Waals surface area contributed by atoms with Gasteiger partial charge in [-0.2, -0.15) is 0 Å². The molecule has 4 heteroatoms. The van der Waals surface area contributed by atoms with Crippen molar-refractivity contribution >= 4 is 17.6 Å². The Labute approximate surface area is 131 Å². The predicted molar refractivity (Wildman–Crippen MR) is 88.2 cm³/mol. The average Bonchev–Trinajstić information content (AvgIpc) is 2.76.